The maximum atomic E-state index is 12.2. The molecular formula is C18H13ClN2O6. The second-order valence-electron chi connectivity index (χ2n) is 5.60. The highest BCUT2D eigenvalue weighted by molar-refractivity contribution is 6.31. The third-order valence-corrected chi connectivity index (χ3v) is 3.93. The highest BCUT2D eigenvalue weighted by Gasteiger charge is 2.24. The van der Waals surface area contributed by atoms with Gasteiger partial charge in [0.1, 0.15) is 11.3 Å². The number of para-hydroxylation sites is 2. The number of nitrogens with one attached hydrogen (secondary N) is 1. The molecule has 3 rings (SSSR count). The van der Waals surface area contributed by atoms with Gasteiger partial charge in [-0.2, -0.15) is 0 Å². The Morgan fingerprint density at radius 1 is 1.22 bits per heavy atom. The van der Waals surface area contributed by atoms with Gasteiger partial charge in [-0.1, -0.05) is 23.7 Å². The van der Waals surface area contributed by atoms with Crippen molar-refractivity contribution in [3.8, 4) is 0 Å². The van der Waals surface area contributed by atoms with Crippen molar-refractivity contribution in [3.05, 3.63) is 69.4 Å². The van der Waals surface area contributed by atoms with Gasteiger partial charge >= 0.3 is 5.97 Å². The molecule has 0 radical (unpaired) electrons. The number of hydrogen-bond donors (Lipinski definition) is 1. The summed E-state index contributed by atoms with van der Waals surface area (Å²) in [6.45, 7) is 1.35. The third-order valence-electron chi connectivity index (χ3n) is 3.69. The SMILES string of the molecule is C[C@H](OC(=O)c1cc2cc(Cl)ccc2o1)C(=O)Nc1ccccc1[N+](=O)[O-]. The number of esters is 1. The smallest absolute Gasteiger partial charge is 0.375 e. The van der Waals surface area contributed by atoms with Gasteiger partial charge in [0.15, 0.2) is 6.10 Å². The molecule has 0 spiro atoms. The molecule has 0 aliphatic carbocycles. The highest BCUT2D eigenvalue weighted by atomic mass is 35.5. The van der Waals surface area contributed by atoms with E-state index < -0.39 is 22.9 Å². The van der Waals surface area contributed by atoms with E-state index in [0.29, 0.717) is 16.0 Å². The number of halogens is 1. The summed E-state index contributed by atoms with van der Waals surface area (Å²) in [5, 5.41) is 14.5. The zero-order valence-electron chi connectivity index (χ0n) is 14.0. The molecule has 0 fully saturated rings. The number of anilines is 1. The predicted octanol–water partition coefficient (Wildman–Crippen LogP) is 4.18. The lowest BCUT2D eigenvalue weighted by molar-refractivity contribution is -0.383. The third kappa shape index (κ3) is 4.06. The number of benzene rings is 2. The molecule has 1 N–H and O–H groups in total. The van der Waals surface area contributed by atoms with Crippen LogP contribution in [0.5, 0.6) is 0 Å². The number of nitro benzene ring substituents is 1. The molecule has 27 heavy (non-hydrogen) atoms. The van der Waals surface area contributed by atoms with Crippen LogP contribution in [-0.2, 0) is 9.53 Å². The Morgan fingerprint density at radius 3 is 2.70 bits per heavy atom. The molecule has 138 valence electrons. The number of hydrogen-bond acceptors (Lipinski definition) is 6. The lowest BCUT2D eigenvalue weighted by Crippen LogP contribution is -2.30. The van der Waals surface area contributed by atoms with E-state index >= 15 is 0 Å². The standard InChI is InChI=1S/C18H13ClN2O6/c1-10(17(22)20-13-4-2-3-5-14(13)21(24)25)26-18(23)16-9-11-8-12(19)6-7-15(11)27-16/h2-10H,1H3,(H,20,22)/t10-/m0/s1. The van der Waals surface area contributed by atoms with Gasteiger partial charge in [0.05, 0.1) is 4.92 Å². The van der Waals surface area contributed by atoms with Gasteiger partial charge in [-0.15, -0.1) is 0 Å². The van der Waals surface area contributed by atoms with Gasteiger partial charge in [-0.3, -0.25) is 14.9 Å². The first-order chi connectivity index (χ1) is 12.8. The summed E-state index contributed by atoms with van der Waals surface area (Å²) >= 11 is 5.89. The number of furan rings is 1. The molecule has 2 aromatic carbocycles. The lowest BCUT2D eigenvalue weighted by atomic mass is 10.2. The molecule has 1 amide bonds. The Morgan fingerprint density at radius 2 is 1.96 bits per heavy atom. The van der Waals surface area contributed by atoms with Crippen LogP contribution in [0.3, 0.4) is 0 Å². The van der Waals surface area contributed by atoms with E-state index in [4.69, 9.17) is 20.8 Å². The number of amides is 1. The number of rotatable bonds is 5. The number of ether oxygens (including phenoxy) is 1. The van der Waals surface area contributed by atoms with Crippen LogP contribution >= 0.6 is 11.6 Å². The van der Waals surface area contributed by atoms with Crippen molar-refractivity contribution in [2.45, 2.75) is 13.0 Å². The molecule has 3 aromatic rings. The van der Waals surface area contributed by atoms with E-state index in [1.54, 1.807) is 24.3 Å². The molecule has 8 nitrogen and oxygen atoms in total. The zero-order chi connectivity index (χ0) is 19.6. The van der Waals surface area contributed by atoms with Crippen LogP contribution in [0.2, 0.25) is 5.02 Å². The van der Waals surface area contributed by atoms with E-state index in [1.807, 2.05) is 0 Å². The summed E-state index contributed by atoms with van der Waals surface area (Å²) in [6, 6.07) is 12.0. The van der Waals surface area contributed by atoms with Crippen molar-refractivity contribution in [3.63, 3.8) is 0 Å². The minimum atomic E-state index is -1.20. The molecule has 0 saturated heterocycles. The molecule has 0 saturated carbocycles. The maximum absolute atomic E-state index is 12.2. The van der Waals surface area contributed by atoms with Gasteiger partial charge in [0, 0.05) is 16.5 Å². The second-order valence-corrected chi connectivity index (χ2v) is 6.04. The van der Waals surface area contributed by atoms with Crippen LogP contribution in [0, 0.1) is 10.1 Å². The molecule has 0 aliphatic rings. The predicted molar refractivity (Wildman–Crippen MR) is 97.8 cm³/mol. The number of carbonyl (C=O) groups excluding carboxylic acids is 2. The Labute approximate surface area is 157 Å². The Kier molecular flexibility index (Phi) is 5.09. The largest absolute Gasteiger partial charge is 0.449 e. The van der Waals surface area contributed by atoms with Crippen molar-refractivity contribution >= 4 is 45.8 Å². The molecule has 1 atom stereocenters. The van der Waals surface area contributed by atoms with Crippen molar-refractivity contribution in [1.29, 1.82) is 0 Å². The van der Waals surface area contributed by atoms with E-state index in [-0.39, 0.29) is 17.1 Å². The minimum absolute atomic E-state index is 0.00813. The quantitative estimate of drug-likeness (QED) is 0.398. The summed E-state index contributed by atoms with van der Waals surface area (Å²) < 4.78 is 10.5. The van der Waals surface area contributed by atoms with Crippen molar-refractivity contribution in [2.24, 2.45) is 0 Å². The summed E-state index contributed by atoms with van der Waals surface area (Å²) in [7, 11) is 0. The van der Waals surface area contributed by atoms with Crippen molar-refractivity contribution in [2.75, 3.05) is 5.32 Å². The molecule has 9 heteroatoms. The number of fused-ring (bicyclic) bond motifs is 1. The summed E-state index contributed by atoms with van der Waals surface area (Å²) in [5.74, 6) is -1.64. The molecule has 1 aromatic heterocycles. The summed E-state index contributed by atoms with van der Waals surface area (Å²) in [4.78, 5) is 34.8. The average molecular weight is 389 g/mol. The fourth-order valence-electron chi connectivity index (χ4n) is 2.36. The van der Waals surface area contributed by atoms with Gasteiger partial charge in [-0.05, 0) is 37.3 Å². The van der Waals surface area contributed by atoms with E-state index in [9.17, 15) is 19.7 Å². The fraction of sp³-hybridized carbons (Fsp3) is 0.111. The number of nitrogens with zero attached hydrogens (tertiary/aromatic N) is 1. The van der Waals surface area contributed by atoms with Gasteiger partial charge in [0.2, 0.25) is 5.76 Å². The number of carbonyl (C=O) groups is 2. The topological polar surface area (TPSA) is 112 Å². The van der Waals surface area contributed by atoms with Crippen molar-refractivity contribution in [1.82, 2.24) is 0 Å². The van der Waals surface area contributed by atoms with Gasteiger partial charge < -0.3 is 14.5 Å². The van der Waals surface area contributed by atoms with Gasteiger partial charge in [0.25, 0.3) is 11.6 Å². The van der Waals surface area contributed by atoms with Gasteiger partial charge in [-0.25, -0.2) is 4.79 Å². The minimum Gasteiger partial charge on any atom is -0.449 e. The normalized spacial score (nSPS) is 11.8. The van der Waals surface area contributed by atoms with Crippen LogP contribution in [0.4, 0.5) is 11.4 Å². The highest BCUT2D eigenvalue weighted by Crippen LogP contribution is 2.25. The first-order valence-corrected chi connectivity index (χ1v) is 8.17. The molecule has 0 unspecified atom stereocenters. The monoisotopic (exact) mass is 388 g/mol. The Bertz CT molecular complexity index is 1050. The summed E-state index contributed by atoms with van der Waals surface area (Å²) in [5.41, 5.74) is 0.190. The van der Waals surface area contributed by atoms with Crippen LogP contribution in [0.25, 0.3) is 11.0 Å². The van der Waals surface area contributed by atoms with E-state index in [2.05, 4.69) is 5.32 Å². The number of nitro groups is 1. The summed E-state index contributed by atoms with van der Waals surface area (Å²) in [6.07, 6.45) is -1.20. The fourth-order valence-corrected chi connectivity index (χ4v) is 2.54. The van der Waals surface area contributed by atoms with Crippen LogP contribution in [0.15, 0.2) is 52.9 Å². The molecule has 1 heterocycles. The second kappa shape index (κ2) is 7.46. The van der Waals surface area contributed by atoms with Crippen molar-refractivity contribution < 1.29 is 23.7 Å². The average Bonchev–Trinajstić information content (AvgIpc) is 3.05. The van der Waals surface area contributed by atoms with Crippen LogP contribution in [-0.4, -0.2) is 22.9 Å². The molecule has 0 aliphatic heterocycles. The van der Waals surface area contributed by atoms with Crippen LogP contribution < -0.4 is 5.32 Å². The Balaban J connectivity index is 1.70. The van der Waals surface area contributed by atoms with E-state index in [0.717, 1.165) is 0 Å². The molecular weight excluding hydrogens is 376 g/mol. The van der Waals surface area contributed by atoms with E-state index in [1.165, 1.54) is 31.2 Å². The lowest BCUT2D eigenvalue weighted by Gasteiger charge is -2.12. The Hall–Kier alpha value is -3.39. The first kappa shape index (κ1) is 18.4. The zero-order valence-corrected chi connectivity index (χ0v) is 14.7. The first-order valence-electron chi connectivity index (χ1n) is 7.79. The molecule has 0 bridgehead atoms. The van der Waals surface area contributed by atoms with Crippen LogP contribution in [0.1, 0.15) is 17.5 Å². The maximum Gasteiger partial charge on any atom is 0.375 e.